The summed E-state index contributed by atoms with van der Waals surface area (Å²) in [6, 6.07) is 2.04. The van der Waals surface area contributed by atoms with Gasteiger partial charge in [-0.3, -0.25) is 16.3 Å². The summed E-state index contributed by atoms with van der Waals surface area (Å²) >= 11 is 7.74. The van der Waals surface area contributed by atoms with Crippen LogP contribution in [0.15, 0.2) is 23.8 Å². The van der Waals surface area contributed by atoms with Crippen molar-refractivity contribution < 1.29 is 0 Å². The van der Waals surface area contributed by atoms with Crippen molar-refractivity contribution in [2.24, 2.45) is 5.84 Å². The molecule has 0 aliphatic rings. The number of hydrazine groups is 1. The topological polar surface area (TPSA) is 63.8 Å². The Balaban J connectivity index is 2.04. The molecule has 0 saturated heterocycles. The number of hydrogen-bond acceptors (Lipinski definition) is 5. The van der Waals surface area contributed by atoms with Gasteiger partial charge in [0.1, 0.15) is 0 Å². The Hall–Kier alpha value is -1.01. The van der Waals surface area contributed by atoms with E-state index in [0.29, 0.717) is 5.02 Å². The summed E-state index contributed by atoms with van der Waals surface area (Å²) in [5.74, 6) is 5.59. The zero-order valence-electron chi connectivity index (χ0n) is 10.1. The van der Waals surface area contributed by atoms with Crippen molar-refractivity contribution in [1.82, 2.24) is 15.4 Å². The Morgan fingerprint density at radius 1 is 1.50 bits per heavy atom. The highest BCUT2D eigenvalue weighted by atomic mass is 35.5. The predicted octanol–water partition coefficient (Wildman–Crippen LogP) is 2.12. The van der Waals surface area contributed by atoms with E-state index < -0.39 is 0 Å². The second kappa shape index (κ2) is 6.24. The molecular weight excluding hydrogens is 268 g/mol. The van der Waals surface area contributed by atoms with E-state index in [9.17, 15) is 0 Å². The molecule has 2 rings (SSSR count). The lowest BCUT2D eigenvalue weighted by molar-refractivity contribution is 0.521. The maximum absolute atomic E-state index is 6.09. The predicted molar refractivity (Wildman–Crippen MR) is 74.6 cm³/mol. The van der Waals surface area contributed by atoms with Crippen LogP contribution in [0.2, 0.25) is 5.02 Å². The van der Waals surface area contributed by atoms with E-state index in [1.807, 2.05) is 18.4 Å². The minimum atomic E-state index is 0.121. The molecule has 2 aromatic rings. The summed E-state index contributed by atoms with van der Waals surface area (Å²) in [6.45, 7) is 1.99. The second-order valence-corrected chi connectivity index (χ2v) is 5.47. The van der Waals surface area contributed by atoms with Crippen LogP contribution in [0.25, 0.3) is 0 Å². The van der Waals surface area contributed by atoms with Crippen molar-refractivity contribution in [3.63, 3.8) is 0 Å². The molecule has 1 atom stereocenters. The van der Waals surface area contributed by atoms with Crippen LogP contribution in [0.5, 0.6) is 0 Å². The van der Waals surface area contributed by atoms with Gasteiger partial charge in [-0.15, -0.1) is 11.3 Å². The molecule has 0 fully saturated rings. The Morgan fingerprint density at radius 3 is 2.94 bits per heavy atom. The molecule has 18 heavy (non-hydrogen) atoms. The summed E-state index contributed by atoms with van der Waals surface area (Å²) in [5.41, 5.74) is 4.92. The third-order valence-electron chi connectivity index (χ3n) is 2.65. The average molecular weight is 283 g/mol. The van der Waals surface area contributed by atoms with E-state index in [-0.39, 0.29) is 6.04 Å². The molecule has 0 aliphatic carbocycles. The lowest BCUT2D eigenvalue weighted by atomic mass is 10.1. The SMILES string of the molecule is Cc1csc(CC(Cc2ccncc2Cl)NN)n1. The van der Waals surface area contributed by atoms with Crippen molar-refractivity contribution in [3.8, 4) is 0 Å². The monoisotopic (exact) mass is 282 g/mol. The summed E-state index contributed by atoms with van der Waals surface area (Å²) in [6.07, 6.45) is 4.95. The van der Waals surface area contributed by atoms with Crippen LogP contribution in [0.1, 0.15) is 16.3 Å². The smallest absolute Gasteiger partial charge is 0.0944 e. The van der Waals surface area contributed by atoms with Crippen LogP contribution in [-0.2, 0) is 12.8 Å². The molecule has 2 aromatic heterocycles. The van der Waals surface area contributed by atoms with Gasteiger partial charge in [-0.05, 0) is 25.0 Å². The zero-order valence-corrected chi connectivity index (χ0v) is 11.6. The summed E-state index contributed by atoms with van der Waals surface area (Å²) in [7, 11) is 0. The number of pyridine rings is 1. The van der Waals surface area contributed by atoms with Crippen molar-refractivity contribution in [2.75, 3.05) is 0 Å². The van der Waals surface area contributed by atoms with Gasteiger partial charge in [0.05, 0.1) is 10.0 Å². The number of nitrogens with two attached hydrogens (primary N) is 1. The molecule has 0 bridgehead atoms. The molecule has 0 saturated carbocycles. The van der Waals surface area contributed by atoms with E-state index in [1.165, 1.54) is 0 Å². The van der Waals surface area contributed by atoms with Gasteiger partial charge < -0.3 is 0 Å². The first-order valence-corrected chi connectivity index (χ1v) is 6.90. The van der Waals surface area contributed by atoms with Gasteiger partial charge in [0.2, 0.25) is 0 Å². The lowest BCUT2D eigenvalue weighted by Gasteiger charge is -2.15. The number of nitrogens with one attached hydrogen (secondary N) is 1. The Bertz CT molecular complexity index is 514. The van der Waals surface area contributed by atoms with Crippen molar-refractivity contribution in [2.45, 2.75) is 25.8 Å². The number of hydrogen-bond donors (Lipinski definition) is 2. The van der Waals surface area contributed by atoms with Crippen LogP contribution >= 0.6 is 22.9 Å². The van der Waals surface area contributed by atoms with Crippen LogP contribution < -0.4 is 11.3 Å². The fourth-order valence-corrected chi connectivity index (χ4v) is 2.78. The van der Waals surface area contributed by atoms with Gasteiger partial charge >= 0.3 is 0 Å². The van der Waals surface area contributed by atoms with Crippen molar-refractivity contribution >= 4 is 22.9 Å². The van der Waals surface area contributed by atoms with Gasteiger partial charge in [-0.1, -0.05) is 11.6 Å². The van der Waals surface area contributed by atoms with Gasteiger partial charge in [-0.25, -0.2) is 4.98 Å². The third kappa shape index (κ3) is 3.49. The molecule has 6 heteroatoms. The van der Waals surface area contributed by atoms with E-state index in [2.05, 4.69) is 15.4 Å². The first-order chi connectivity index (χ1) is 8.69. The maximum Gasteiger partial charge on any atom is 0.0944 e. The van der Waals surface area contributed by atoms with Gasteiger partial charge in [0.15, 0.2) is 0 Å². The fraction of sp³-hybridized carbons (Fsp3) is 0.333. The minimum Gasteiger partial charge on any atom is -0.271 e. The number of halogens is 1. The normalized spacial score (nSPS) is 12.6. The first kappa shape index (κ1) is 13.4. The Labute approximate surface area is 115 Å². The Morgan fingerprint density at radius 2 is 2.33 bits per heavy atom. The molecule has 1 unspecified atom stereocenters. The number of aromatic nitrogens is 2. The van der Waals surface area contributed by atoms with E-state index >= 15 is 0 Å². The molecule has 0 aromatic carbocycles. The van der Waals surface area contributed by atoms with Gasteiger partial charge in [0.25, 0.3) is 0 Å². The number of rotatable bonds is 5. The standard InChI is InChI=1S/C12H15ClN4S/c1-8-7-18-12(16-8)5-10(17-14)4-9-2-3-15-6-11(9)13/h2-3,6-7,10,17H,4-5,14H2,1H3. The fourth-order valence-electron chi connectivity index (χ4n) is 1.73. The van der Waals surface area contributed by atoms with Crippen LogP contribution in [0.3, 0.4) is 0 Å². The molecule has 96 valence electrons. The first-order valence-electron chi connectivity index (χ1n) is 5.64. The lowest BCUT2D eigenvalue weighted by Crippen LogP contribution is -2.38. The quantitative estimate of drug-likeness (QED) is 0.651. The molecule has 3 N–H and O–H groups in total. The van der Waals surface area contributed by atoms with E-state index in [0.717, 1.165) is 29.1 Å². The number of aryl methyl sites for hydroxylation is 1. The van der Waals surface area contributed by atoms with E-state index in [4.69, 9.17) is 17.4 Å². The summed E-state index contributed by atoms with van der Waals surface area (Å²) in [4.78, 5) is 8.41. The van der Waals surface area contributed by atoms with Crippen LogP contribution in [-0.4, -0.2) is 16.0 Å². The van der Waals surface area contributed by atoms with Crippen LogP contribution in [0, 0.1) is 6.92 Å². The van der Waals surface area contributed by atoms with Crippen molar-refractivity contribution in [1.29, 1.82) is 0 Å². The maximum atomic E-state index is 6.09. The van der Waals surface area contributed by atoms with Crippen LogP contribution in [0.4, 0.5) is 0 Å². The highest BCUT2D eigenvalue weighted by molar-refractivity contribution is 7.09. The van der Waals surface area contributed by atoms with E-state index in [1.54, 1.807) is 23.7 Å². The highest BCUT2D eigenvalue weighted by Gasteiger charge is 2.12. The molecule has 2 heterocycles. The average Bonchev–Trinajstić information content (AvgIpc) is 2.76. The third-order valence-corrected chi connectivity index (χ3v) is 3.98. The molecular formula is C12H15ClN4S. The summed E-state index contributed by atoms with van der Waals surface area (Å²) in [5, 5.41) is 3.80. The van der Waals surface area contributed by atoms with Gasteiger partial charge in [0, 0.05) is 35.9 Å². The van der Waals surface area contributed by atoms with Crippen molar-refractivity contribution in [3.05, 3.63) is 45.1 Å². The highest BCUT2D eigenvalue weighted by Crippen LogP contribution is 2.18. The van der Waals surface area contributed by atoms with Gasteiger partial charge in [-0.2, -0.15) is 0 Å². The number of nitrogens with zero attached hydrogens (tertiary/aromatic N) is 2. The zero-order chi connectivity index (χ0) is 13.0. The Kier molecular flexibility index (Phi) is 4.66. The molecule has 0 aliphatic heterocycles. The number of thiazole rings is 1. The molecule has 0 spiro atoms. The minimum absolute atomic E-state index is 0.121. The molecule has 0 radical (unpaired) electrons. The summed E-state index contributed by atoms with van der Waals surface area (Å²) < 4.78 is 0. The molecule has 0 amide bonds. The molecule has 4 nitrogen and oxygen atoms in total. The largest absolute Gasteiger partial charge is 0.271 e. The second-order valence-electron chi connectivity index (χ2n) is 4.12.